The van der Waals surface area contributed by atoms with Gasteiger partial charge in [-0.25, -0.2) is 0 Å². The van der Waals surface area contributed by atoms with Gasteiger partial charge in [0.2, 0.25) is 0 Å². The summed E-state index contributed by atoms with van der Waals surface area (Å²) < 4.78 is 0.860. The summed E-state index contributed by atoms with van der Waals surface area (Å²) in [6.45, 7) is 1.84. The van der Waals surface area contributed by atoms with Gasteiger partial charge in [-0.15, -0.1) is 0 Å². The topological polar surface area (TPSA) is 49.4 Å². The van der Waals surface area contributed by atoms with Crippen molar-refractivity contribution in [2.75, 3.05) is 4.90 Å². The molecule has 0 bridgehead atoms. The van der Waals surface area contributed by atoms with Crippen LogP contribution in [0.2, 0.25) is 15.1 Å². The molecule has 1 aliphatic heterocycles. The molecule has 1 fully saturated rings. The Morgan fingerprint density at radius 1 is 1.15 bits per heavy atom. The fraction of sp³-hybridized carbons (Fsp3) is 0.0556. The third-order valence-corrected chi connectivity index (χ3v) is 5.64. The largest absolute Gasteiger partial charge is 0.298 e. The number of anilines is 1. The highest BCUT2D eigenvalue weighted by Gasteiger charge is 2.35. The van der Waals surface area contributed by atoms with E-state index in [4.69, 9.17) is 47.0 Å². The van der Waals surface area contributed by atoms with E-state index >= 15 is 0 Å². The molecule has 138 valence electrons. The molecule has 0 aromatic heterocycles. The average molecular weight is 505 g/mol. The molecular weight excluding hydrogens is 495 g/mol. The minimum atomic E-state index is -0.622. The molecule has 4 nitrogen and oxygen atoms in total. The second kappa shape index (κ2) is 7.89. The lowest BCUT2D eigenvalue weighted by atomic mass is 10.1. The summed E-state index contributed by atoms with van der Waals surface area (Å²) in [5.41, 5.74) is 1.59. The van der Waals surface area contributed by atoms with Gasteiger partial charge in [-0.3, -0.25) is 19.8 Å². The molecule has 27 heavy (non-hydrogen) atoms. The Morgan fingerprint density at radius 2 is 1.85 bits per heavy atom. The first-order valence-corrected chi connectivity index (χ1v) is 9.84. The Bertz CT molecular complexity index is 1040. The number of carbonyl (C=O) groups excluding carboxylic acids is 2. The summed E-state index contributed by atoms with van der Waals surface area (Å²) in [6, 6.07) is 8.36. The lowest BCUT2D eigenvalue weighted by Crippen LogP contribution is -2.54. The Kier molecular flexibility index (Phi) is 5.93. The molecule has 0 aliphatic carbocycles. The first-order valence-electron chi connectivity index (χ1n) is 7.51. The van der Waals surface area contributed by atoms with Crippen molar-refractivity contribution >= 4 is 91.6 Å². The Balaban J connectivity index is 2.11. The molecule has 1 N–H and O–H groups in total. The van der Waals surface area contributed by atoms with Crippen LogP contribution in [0.5, 0.6) is 0 Å². The standard InChI is InChI=1S/C18H10BrCl3N2O2S/c1-8-4-10(19)2-3-14(8)24-17(26)12(16(25)23-18(24)27)6-9-5-11(20)7-13(21)15(9)22/h2-7H,1H3,(H,23,25,27). The molecule has 0 saturated carbocycles. The molecule has 1 aliphatic rings. The van der Waals surface area contributed by atoms with E-state index in [1.807, 2.05) is 13.0 Å². The maximum Gasteiger partial charge on any atom is 0.270 e. The van der Waals surface area contributed by atoms with E-state index in [0.29, 0.717) is 16.3 Å². The number of carbonyl (C=O) groups is 2. The van der Waals surface area contributed by atoms with Crippen LogP contribution in [0.3, 0.4) is 0 Å². The minimum absolute atomic E-state index is 0.00259. The molecule has 2 aromatic carbocycles. The molecule has 3 rings (SSSR count). The van der Waals surface area contributed by atoms with E-state index in [-0.39, 0.29) is 20.7 Å². The zero-order valence-corrected chi connectivity index (χ0v) is 18.3. The van der Waals surface area contributed by atoms with Crippen LogP contribution in [0.1, 0.15) is 11.1 Å². The normalized spacial score (nSPS) is 16.1. The lowest BCUT2D eigenvalue weighted by Gasteiger charge is -2.30. The van der Waals surface area contributed by atoms with E-state index in [0.717, 1.165) is 10.0 Å². The molecule has 0 radical (unpaired) electrons. The second-order valence-corrected chi connectivity index (χ2v) is 8.20. The van der Waals surface area contributed by atoms with Gasteiger partial charge >= 0.3 is 0 Å². The van der Waals surface area contributed by atoms with Crippen LogP contribution in [0.25, 0.3) is 6.08 Å². The highest BCUT2D eigenvalue weighted by Crippen LogP contribution is 2.33. The predicted molar refractivity (Wildman–Crippen MR) is 117 cm³/mol. The number of thiocarbonyl (C=S) groups is 1. The number of hydrogen-bond acceptors (Lipinski definition) is 3. The van der Waals surface area contributed by atoms with E-state index < -0.39 is 11.8 Å². The van der Waals surface area contributed by atoms with Crippen molar-refractivity contribution in [3.8, 4) is 0 Å². The fourth-order valence-electron chi connectivity index (χ4n) is 2.58. The van der Waals surface area contributed by atoms with E-state index in [2.05, 4.69) is 21.2 Å². The van der Waals surface area contributed by atoms with Crippen molar-refractivity contribution < 1.29 is 9.59 Å². The Labute approximate surface area is 184 Å². The Hall–Kier alpha value is -1.44. The van der Waals surface area contributed by atoms with Crippen molar-refractivity contribution in [2.45, 2.75) is 6.92 Å². The summed E-state index contributed by atoms with van der Waals surface area (Å²) >= 11 is 26.8. The van der Waals surface area contributed by atoms with E-state index in [1.165, 1.54) is 23.1 Å². The van der Waals surface area contributed by atoms with Crippen molar-refractivity contribution in [3.05, 3.63) is 66.6 Å². The second-order valence-electron chi connectivity index (χ2n) is 5.68. The minimum Gasteiger partial charge on any atom is -0.298 e. The van der Waals surface area contributed by atoms with E-state index in [9.17, 15) is 9.59 Å². The predicted octanol–water partition coefficient (Wildman–Crippen LogP) is 5.55. The summed E-state index contributed by atoms with van der Waals surface area (Å²) in [5, 5.41) is 3.27. The maximum atomic E-state index is 13.1. The van der Waals surface area contributed by atoms with Crippen molar-refractivity contribution in [2.24, 2.45) is 0 Å². The number of rotatable bonds is 2. The van der Waals surface area contributed by atoms with Crippen molar-refractivity contribution in [3.63, 3.8) is 0 Å². The SMILES string of the molecule is Cc1cc(Br)ccc1N1C(=O)C(=Cc2cc(Cl)cc(Cl)c2Cl)C(=O)NC1=S. The zero-order valence-electron chi connectivity index (χ0n) is 13.6. The quantitative estimate of drug-likeness (QED) is 0.253. The number of hydrogen-bond donors (Lipinski definition) is 1. The van der Waals surface area contributed by atoms with Crippen LogP contribution in [-0.4, -0.2) is 16.9 Å². The third kappa shape index (κ3) is 4.05. The summed E-state index contributed by atoms with van der Waals surface area (Å²) in [6.07, 6.45) is 1.35. The van der Waals surface area contributed by atoms with Gasteiger partial charge in [-0.05, 0) is 66.7 Å². The summed E-state index contributed by atoms with van der Waals surface area (Å²) in [4.78, 5) is 26.7. The van der Waals surface area contributed by atoms with E-state index in [1.54, 1.807) is 12.1 Å². The molecule has 1 saturated heterocycles. The van der Waals surface area contributed by atoms with Gasteiger partial charge in [0, 0.05) is 9.50 Å². The number of benzene rings is 2. The summed E-state index contributed by atoms with van der Waals surface area (Å²) in [5.74, 6) is -1.19. The van der Waals surface area contributed by atoms with Gasteiger partial charge in [-0.1, -0.05) is 50.7 Å². The molecule has 0 unspecified atom stereocenters. The molecule has 0 spiro atoms. The molecular formula is C18H10BrCl3N2O2S. The molecule has 2 aromatic rings. The number of nitrogens with zero attached hydrogens (tertiary/aromatic N) is 1. The maximum absolute atomic E-state index is 13.1. The fourth-order valence-corrected chi connectivity index (χ4v) is 4.00. The highest BCUT2D eigenvalue weighted by atomic mass is 79.9. The zero-order chi connectivity index (χ0) is 19.9. The monoisotopic (exact) mass is 502 g/mol. The Morgan fingerprint density at radius 3 is 2.52 bits per heavy atom. The van der Waals surface area contributed by atoms with Crippen molar-refractivity contribution in [1.29, 1.82) is 0 Å². The highest BCUT2D eigenvalue weighted by molar-refractivity contribution is 9.10. The molecule has 0 atom stereocenters. The number of nitrogens with one attached hydrogen (secondary N) is 1. The van der Waals surface area contributed by atoms with Gasteiger partial charge in [0.25, 0.3) is 11.8 Å². The van der Waals surface area contributed by atoms with Crippen LogP contribution in [0.4, 0.5) is 5.69 Å². The first-order chi connectivity index (χ1) is 12.7. The first kappa shape index (κ1) is 20.3. The smallest absolute Gasteiger partial charge is 0.270 e. The van der Waals surface area contributed by atoms with Crippen molar-refractivity contribution in [1.82, 2.24) is 5.32 Å². The molecule has 1 heterocycles. The van der Waals surface area contributed by atoms with Gasteiger partial charge in [0.15, 0.2) is 5.11 Å². The number of halogens is 4. The van der Waals surface area contributed by atoms with Crippen LogP contribution >= 0.6 is 63.0 Å². The third-order valence-electron chi connectivity index (χ3n) is 3.82. The van der Waals surface area contributed by atoms with Gasteiger partial charge in [0.1, 0.15) is 5.57 Å². The number of aryl methyl sites for hydroxylation is 1. The molecule has 9 heteroatoms. The lowest BCUT2D eigenvalue weighted by molar-refractivity contribution is -0.122. The average Bonchev–Trinajstić information content (AvgIpc) is 2.57. The number of amides is 2. The van der Waals surface area contributed by atoms with Crippen LogP contribution in [-0.2, 0) is 9.59 Å². The van der Waals surface area contributed by atoms with Crippen LogP contribution < -0.4 is 10.2 Å². The van der Waals surface area contributed by atoms with Gasteiger partial charge in [0.05, 0.1) is 15.7 Å². The molecule has 2 amide bonds. The van der Waals surface area contributed by atoms with Gasteiger partial charge < -0.3 is 0 Å². The van der Waals surface area contributed by atoms with Gasteiger partial charge in [-0.2, -0.15) is 0 Å². The van der Waals surface area contributed by atoms with Crippen LogP contribution in [0, 0.1) is 6.92 Å². The van der Waals surface area contributed by atoms with Crippen LogP contribution in [0.15, 0.2) is 40.4 Å². The summed E-state index contributed by atoms with van der Waals surface area (Å²) in [7, 11) is 0.